The Labute approximate surface area is 103 Å². The van der Waals surface area contributed by atoms with E-state index in [0.717, 1.165) is 11.1 Å². The van der Waals surface area contributed by atoms with E-state index in [9.17, 15) is 4.79 Å². The Morgan fingerprint density at radius 2 is 2.06 bits per heavy atom. The van der Waals surface area contributed by atoms with Crippen molar-refractivity contribution in [3.8, 4) is 11.1 Å². The number of halogens is 1. The Bertz CT molecular complexity index is 584. The summed E-state index contributed by atoms with van der Waals surface area (Å²) in [7, 11) is 0. The first-order valence-electron chi connectivity index (χ1n) is 4.90. The smallest absolute Gasteiger partial charge is 0.354 e. The molecule has 0 aliphatic heterocycles. The van der Waals surface area contributed by atoms with Crippen molar-refractivity contribution in [2.24, 2.45) is 0 Å². The highest BCUT2D eigenvalue weighted by Crippen LogP contribution is 2.22. The Hall–Kier alpha value is -1.94. The van der Waals surface area contributed by atoms with Gasteiger partial charge in [-0.25, -0.2) is 14.8 Å². The summed E-state index contributed by atoms with van der Waals surface area (Å²) in [6, 6.07) is 6.77. The van der Waals surface area contributed by atoms with E-state index in [-0.39, 0.29) is 5.69 Å². The van der Waals surface area contributed by atoms with Gasteiger partial charge in [0.15, 0.2) is 0 Å². The molecule has 1 N–H and O–H groups in total. The van der Waals surface area contributed by atoms with Crippen molar-refractivity contribution in [1.82, 2.24) is 9.97 Å². The van der Waals surface area contributed by atoms with Gasteiger partial charge in [-0.1, -0.05) is 11.6 Å². The second kappa shape index (κ2) is 4.51. The van der Waals surface area contributed by atoms with E-state index in [4.69, 9.17) is 16.7 Å². The molecule has 0 saturated carbocycles. The lowest BCUT2D eigenvalue weighted by molar-refractivity contribution is 0.0690. The van der Waals surface area contributed by atoms with Crippen molar-refractivity contribution in [3.05, 3.63) is 47.0 Å². The number of carbonyl (C=O) groups is 1. The molecule has 0 amide bonds. The second-order valence-electron chi connectivity index (χ2n) is 3.55. The highest BCUT2D eigenvalue weighted by molar-refractivity contribution is 6.29. The zero-order chi connectivity index (χ0) is 12.4. The van der Waals surface area contributed by atoms with Gasteiger partial charge in [0.05, 0.1) is 0 Å². The van der Waals surface area contributed by atoms with Crippen LogP contribution in [0.4, 0.5) is 0 Å². The lowest BCUT2D eigenvalue weighted by Crippen LogP contribution is -2.01. The summed E-state index contributed by atoms with van der Waals surface area (Å²) >= 11 is 5.79. The lowest BCUT2D eigenvalue weighted by Gasteiger charge is -2.04. The van der Waals surface area contributed by atoms with Crippen molar-refractivity contribution in [2.45, 2.75) is 6.92 Å². The molecule has 0 bridgehead atoms. The highest BCUT2D eigenvalue weighted by Gasteiger charge is 2.08. The first kappa shape index (κ1) is 11.5. The number of hydrogen-bond donors (Lipinski definition) is 1. The maximum atomic E-state index is 10.9. The molecule has 2 aromatic rings. The van der Waals surface area contributed by atoms with Crippen molar-refractivity contribution in [3.63, 3.8) is 0 Å². The molecule has 0 radical (unpaired) electrons. The van der Waals surface area contributed by atoms with Crippen LogP contribution in [-0.4, -0.2) is 21.0 Å². The van der Waals surface area contributed by atoms with Gasteiger partial charge < -0.3 is 5.11 Å². The number of aromatic carboxylic acids is 1. The Morgan fingerprint density at radius 3 is 2.71 bits per heavy atom. The quantitative estimate of drug-likeness (QED) is 0.830. The van der Waals surface area contributed by atoms with Crippen molar-refractivity contribution < 1.29 is 9.90 Å². The minimum Gasteiger partial charge on any atom is -0.477 e. The van der Waals surface area contributed by atoms with Gasteiger partial charge in [0, 0.05) is 11.9 Å². The summed E-state index contributed by atoms with van der Waals surface area (Å²) in [5.41, 5.74) is 2.25. The number of carboxylic acids is 1. The van der Waals surface area contributed by atoms with Crippen LogP contribution in [-0.2, 0) is 0 Å². The molecule has 86 valence electrons. The van der Waals surface area contributed by atoms with Crippen molar-refractivity contribution in [2.75, 3.05) is 0 Å². The predicted octanol–water partition coefficient (Wildman–Crippen LogP) is 2.80. The lowest BCUT2D eigenvalue weighted by atomic mass is 10.1. The Morgan fingerprint density at radius 1 is 1.29 bits per heavy atom. The molecule has 0 aliphatic rings. The van der Waals surface area contributed by atoms with Gasteiger partial charge in [-0.15, -0.1) is 0 Å². The first-order valence-corrected chi connectivity index (χ1v) is 5.28. The van der Waals surface area contributed by atoms with Gasteiger partial charge in [0.2, 0.25) is 0 Å². The number of aromatic nitrogens is 2. The first-order chi connectivity index (χ1) is 8.06. The molecule has 0 aliphatic carbocycles. The molecule has 0 fully saturated rings. The van der Waals surface area contributed by atoms with Crippen molar-refractivity contribution >= 4 is 17.6 Å². The predicted molar refractivity (Wildman–Crippen MR) is 64.2 cm³/mol. The van der Waals surface area contributed by atoms with Crippen LogP contribution in [0.3, 0.4) is 0 Å². The number of carboxylic acid groups (broad SMARTS) is 1. The molecule has 0 saturated heterocycles. The molecular weight excluding hydrogens is 240 g/mol. The third kappa shape index (κ3) is 2.60. The molecule has 2 rings (SSSR count). The Kier molecular flexibility index (Phi) is 3.06. The fourth-order valence-corrected chi connectivity index (χ4v) is 1.70. The third-order valence-electron chi connectivity index (χ3n) is 2.23. The Balaban J connectivity index is 2.56. The molecule has 2 aromatic heterocycles. The van der Waals surface area contributed by atoms with Gasteiger partial charge in [0.25, 0.3) is 0 Å². The number of nitrogens with zero attached hydrogens (tertiary/aromatic N) is 2. The van der Waals surface area contributed by atoms with Gasteiger partial charge in [-0.05, 0) is 42.3 Å². The molecule has 4 nitrogen and oxygen atoms in total. The summed E-state index contributed by atoms with van der Waals surface area (Å²) in [6.07, 6.45) is 1.58. The molecule has 17 heavy (non-hydrogen) atoms. The molecular formula is C12H9ClN2O2. The van der Waals surface area contributed by atoms with E-state index in [0.29, 0.717) is 10.8 Å². The van der Waals surface area contributed by atoms with Crippen LogP contribution in [0.1, 0.15) is 16.2 Å². The van der Waals surface area contributed by atoms with Crippen LogP contribution in [0, 0.1) is 6.92 Å². The zero-order valence-electron chi connectivity index (χ0n) is 9.01. The van der Waals surface area contributed by atoms with Gasteiger partial charge in [-0.3, -0.25) is 0 Å². The average molecular weight is 249 g/mol. The van der Waals surface area contributed by atoms with Crippen LogP contribution >= 0.6 is 11.6 Å². The summed E-state index contributed by atoms with van der Waals surface area (Å²) in [5.74, 6) is -1.05. The van der Waals surface area contributed by atoms with E-state index < -0.39 is 5.97 Å². The van der Waals surface area contributed by atoms with Crippen LogP contribution in [0.15, 0.2) is 30.5 Å². The number of rotatable bonds is 2. The number of aryl methyl sites for hydroxylation is 1. The normalized spacial score (nSPS) is 10.2. The summed E-state index contributed by atoms with van der Waals surface area (Å²) in [6.45, 7) is 1.75. The number of hydrogen-bond acceptors (Lipinski definition) is 3. The monoisotopic (exact) mass is 248 g/mol. The SMILES string of the molecule is Cc1cc(-c2ccnc(Cl)c2)cc(C(=O)O)n1. The molecule has 0 atom stereocenters. The molecule has 2 heterocycles. The topological polar surface area (TPSA) is 63.1 Å². The molecule has 0 aromatic carbocycles. The molecule has 0 spiro atoms. The van der Waals surface area contributed by atoms with Gasteiger partial charge >= 0.3 is 5.97 Å². The van der Waals surface area contributed by atoms with E-state index in [2.05, 4.69) is 9.97 Å². The summed E-state index contributed by atoms with van der Waals surface area (Å²) < 4.78 is 0. The van der Waals surface area contributed by atoms with Crippen LogP contribution in [0.5, 0.6) is 0 Å². The van der Waals surface area contributed by atoms with E-state index in [1.165, 1.54) is 6.07 Å². The standard InChI is InChI=1S/C12H9ClN2O2/c1-7-4-9(5-10(15-7)12(16)17)8-2-3-14-11(13)6-8/h2-6H,1H3,(H,16,17). The van der Waals surface area contributed by atoms with Crippen LogP contribution in [0.25, 0.3) is 11.1 Å². The highest BCUT2D eigenvalue weighted by atomic mass is 35.5. The van der Waals surface area contributed by atoms with Crippen molar-refractivity contribution in [1.29, 1.82) is 0 Å². The summed E-state index contributed by atoms with van der Waals surface area (Å²) in [5, 5.41) is 9.30. The van der Waals surface area contributed by atoms with Gasteiger partial charge in [-0.2, -0.15) is 0 Å². The fourth-order valence-electron chi connectivity index (χ4n) is 1.53. The van der Waals surface area contributed by atoms with E-state index in [1.54, 1.807) is 31.3 Å². The minimum absolute atomic E-state index is 0.0212. The zero-order valence-corrected chi connectivity index (χ0v) is 9.77. The van der Waals surface area contributed by atoms with E-state index >= 15 is 0 Å². The third-order valence-corrected chi connectivity index (χ3v) is 2.44. The minimum atomic E-state index is -1.05. The summed E-state index contributed by atoms with van der Waals surface area (Å²) in [4.78, 5) is 18.7. The maximum absolute atomic E-state index is 10.9. The molecule has 0 unspecified atom stereocenters. The largest absolute Gasteiger partial charge is 0.477 e. The average Bonchev–Trinajstić information content (AvgIpc) is 2.28. The number of pyridine rings is 2. The molecule has 5 heteroatoms. The van der Waals surface area contributed by atoms with E-state index in [1.807, 2.05) is 0 Å². The fraction of sp³-hybridized carbons (Fsp3) is 0.0833. The van der Waals surface area contributed by atoms with Crippen LogP contribution < -0.4 is 0 Å². The maximum Gasteiger partial charge on any atom is 0.354 e. The van der Waals surface area contributed by atoms with Crippen LogP contribution in [0.2, 0.25) is 5.15 Å². The second-order valence-corrected chi connectivity index (χ2v) is 3.94. The van der Waals surface area contributed by atoms with Gasteiger partial charge in [0.1, 0.15) is 10.8 Å².